The van der Waals surface area contributed by atoms with Gasteiger partial charge >= 0.3 is 11.9 Å². The van der Waals surface area contributed by atoms with E-state index in [9.17, 15) is 14.7 Å². The van der Waals surface area contributed by atoms with Gasteiger partial charge in [0.2, 0.25) is 0 Å². The first-order chi connectivity index (χ1) is 8.59. The Kier molecular flexibility index (Phi) is 3.87. The first-order valence-electron chi connectivity index (χ1n) is 6.34. The molecule has 3 atom stereocenters. The van der Waals surface area contributed by atoms with Gasteiger partial charge in [0.25, 0.3) is 0 Å². The number of hydrogen-bond donors (Lipinski definition) is 2. The van der Waals surface area contributed by atoms with Gasteiger partial charge in [-0.25, -0.2) is 4.79 Å². The van der Waals surface area contributed by atoms with Gasteiger partial charge in [-0.1, -0.05) is 6.42 Å². The molecule has 2 N–H and O–H groups in total. The van der Waals surface area contributed by atoms with Crippen molar-refractivity contribution in [1.29, 1.82) is 0 Å². The van der Waals surface area contributed by atoms with Crippen molar-refractivity contribution >= 4 is 11.9 Å². The van der Waals surface area contributed by atoms with E-state index < -0.39 is 17.6 Å². The molecule has 102 valence electrons. The van der Waals surface area contributed by atoms with Crippen LogP contribution in [0.4, 0.5) is 0 Å². The second-order valence-corrected chi connectivity index (χ2v) is 4.87. The molecule has 1 spiro atoms. The summed E-state index contributed by atoms with van der Waals surface area (Å²) < 4.78 is 9.92. The van der Waals surface area contributed by atoms with E-state index in [1.165, 1.54) is 0 Å². The molecule has 0 unspecified atom stereocenters. The highest BCUT2D eigenvalue weighted by Crippen LogP contribution is 2.39. The van der Waals surface area contributed by atoms with Crippen molar-refractivity contribution in [3.05, 3.63) is 0 Å². The number of carbonyl (C=O) groups is 2. The largest absolute Gasteiger partial charge is 0.464 e. The minimum absolute atomic E-state index is 0.131. The fourth-order valence-corrected chi connectivity index (χ4v) is 2.91. The Bertz CT molecular complexity index is 333. The number of aliphatic hydroxyl groups excluding tert-OH is 1. The molecule has 0 bridgehead atoms. The SMILES string of the molecule is CCOC(=O)[C@@H](O)[C@H]1CCC[C@]12COC(=O)CN2. The van der Waals surface area contributed by atoms with Gasteiger partial charge in [0, 0.05) is 5.92 Å². The Labute approximate surface area is 106 Å². The monoisotopic (exact) mass is 257 g/mol. The maximum absolute atomic E-state index is 11.6. The van der Waals surface area contributed by atoms with Crippen LogP contribution < -0.4 is 5.32 Å². The Morgan fingerprint density at radius 3 is 3.11 bits per heavy atom. The minimum atomic E-state index is -1.16. The van der Waals surface area contributed by atoms with Gasteiger partial charge in [0.05, 0.1) is 18.7 Å². The lowest BCUT2D eigenvalue weighted by molar-refractivity contribution is -0.162. The molecular weight excluding hydrogens is 238 g/mol. The number of aliphatic hydroxyl groups is 1. The van der Waals surface area contributed by atoms with E-state index in [2.05, 4.69) is 5.32 Å². The highest BCUT2D eigenvalue weighted by atomic mass is 16.5. The summed E-state index contributed by atoms with van der Waals surface area (Å²) in [4.78, 5) is 22.7. The quantitative estimate of drug-likeness (QED) is 0.669. The van der Waals surface area contributed by atoms with Crippen LogP contribution in [0.1, 0.15) is 26.2 Å². The van der Waals surface area contributed by atoms with Gasteiger partial charge in [0.15, 0.2) is 6.10 Å². The number of morpholine rings is 1. The van der Waals surface area contributed by atoms with E-state index in [-0.39, 0.29) is 31.6 Å². The van der Waals surface area contributed by atoms with Crippen molar-refractivity contribution < 1.29 is 24.2 Å². The van der Waals surface area contributed by atoms with Crippen LogP contribution in [0.2, 0.25) is 0 Å². The second-order valence-electron chi connectivity index (χ2n) is 4.87. The third kappa shape index (κ3) is 2.35. The maximum atomic E-state index is 11.6. The molecule has 18 heavy (non-hydrogen) atoms. The number of carbonyl (C=O) groups excluding carboxylic acids is 2. The number of hydrogen-bond acceptors (Lipinski definition) is 6. The fraction of sp³-hybridized carbons (Fsp3) is 0.833. The van der Waals surface area contributed by atoms with Crippen LogP contribution in [0, 0.1) is 5.92 Å². The van der Waals surface area contributed by atoms with Crippen molar-refractivity contribution in [2.45, 2.75) is 37.8 Å². The number of rotatable bonds is 3. The zero-order valence-electron chi connectivity index (χ0n) is 10.5. The van der Waals surface area contributed by atoms with Gasteiger partial charge < -0.3 is 14.6 Å². The highest BCUT2D eigenvalue weighted by molar-refractivity contribution is 5.75. The summed E-state index contributed by atoms with van der Waals surface area (Å²) in [5.41, 5.74) is -0.472. The summed E-state index contributed by atoms with van der Waals surface area (Å²) in [6.07, 6.45) is 1.26. The molecule has 1 saturated heterocycles. The average Bonchev–Trinajstić information content (AvgIpc) is 2.76. The molecule has 1 saturated carbocycles. The predicted molar refractivity (Wildman–Crippen MR) is 61.7 cm³/mol. The zero-order chi connectivity index (χ0) is 13.2. The molecule has 6 heteroatoms. The standard InChI is InChI=1S/C12H19NO5/c1-2-17-11(16)10(15)8-4-3-5-12(8)7-18-9(14)6-13-12/h8,10,13,15H,2-7H2,1H3/t8-,10+,12+/m1/s1. The zero-order valence-corrected chi connectivity index (χ0v) is 10.5. The lowest BCUT2D eigenvalue weighted by Crippen LogP contribution is -2.61. The molecule has 0 amide bonds. The molecule has 1 aliphatic heterocycles. The van der Waals surface area contributed by atoms with E-state index in [4.69, 9.17) is 9.47 Å². The van der Waals surface area contributed by atoms with Crippen molar-refractivity contribution in [3.8, 4) is 0 Å². The number of cyclic esters (lactones) is 1. The fourth-order valence-electron chi connectivity index (χ4n) is 2.91. The molecule has 0 aromatic rings. The van der Waals surface area contributed by atoms with Crippen molar-refractivity contribution in [2.75, 3.05) is 19.8 Å². The molecular formula is C12H19NO5. The lowest BCUT2D eigenvalue weighted by Gasteiger charge is -2.40. The molecule has 2 fully saturated rings. The summed E-state index contributed by atoms with van der Waals surface area (Å²) in [7, 11) is 0. The first-order valence-corrected chi connectivity index (χ1v) is 6.34. The molecule has 6 nitrogen and oxygen atoms in total. The summed E-state index contributed by atoms with van der Waals surface area (Å²) in [6.45, 7) is 2.30. The molecule has 0 radical (unpaired) electrons. The van der Waals surface area contributed by atoms with Gasteiger partial charge in [-0.05, 0) is 19.8 Å². The van der Waals surface area contributed by atoms with Crippen LogP contribution in [-0.2, 0) is 19.1 Å². The second kappa shape index (κ2) is 5.24. The Balaban J connectivity index is 2.07. The van der Waals surface area contributed by atoms with Crippen molar-refractivity contribution in [3.63, 3.8) is 0 Å². The van der Waals surface area contributed by atoms with Crippen LogP contribution in [0.15, 0.2) is 0 Å². The van der Waals surface area contributed by atoms with Crippen molar-refractivity contribution in [2.24, 2.45) is 5.92 Å². The van der Waals surface area contributed by atoms with Gasteiger partial charge in [-0.3, -0.25) is 10.1 Å². The summed E-state index contributed by atoms with van der Waals surface area (Å²) in [5, 5.41) is 13.2. The van der Waals surface area contributed by atoms with E-state index in [1.54, 1.807) is 6.92 Å². The van der Waals surface area contributed by atoms with Gasteiger partial charge in [-0.2, -0.15) is 0 Å². The average molecular weight is 257 g/mol. The molecule has 2 rings (SSSR count). The molecule has 1 heterocycles. The van der Waals surface area contributed by atoms with Crippen LogP contribution in [0.3, 0.4) is 0 Å². The molecule has 2 aliphatic rings. The van der Waals surface area contributed by atoms with E-state index in [1.807, 2.05) is 0 Å². The number of ether oxygens (including phenoxy) is 2. The maximum Gasteiger partial charge on any atom is 0.335 e. The predicted octanol–water partition coefficient (Wildman–Crippen LogP) is -0.404. The third-order valence-electron chi connectivity index (χ3n) is 3.83. The highest BCUT2D eigenvalue weighted by Gasteiger charge is 2.51. The summed E-state index contributed by atoms with van der Waals surface area (Å²) in [5.74, 6) is -1.15. The normalized spacial score (nSPS) is 33.2. The lowest BCUT2D eigenvalue weighted by atomic mass is 9.83. The van der Waals surface area contributed by atoms with E-state index in [0.717, 1.165) is 19.3 Å². The summed E-state index contributed by atoms with van der Waals surface area (Å²) in [6, 6.07) is 0. The number of nitrogens with one attached hydrogen (secondary N) is 1. The van der Waals surface area contributed by atoms with E-state index in [0.29, 0.717) is 0 Å². The Morgan fingerprint density at radius 2 is 2.50 bits per heavy atom. The Morgan fingerprint density at radius 1 is 1.72 bits per heavy atom. The number of esters is 2. The molecule has 0 aromatic carbocycles. The van der Waals surface area contributed by atoms with Gasteiger partial charge in [-0.15, -0.1) is 0 Å². The van der Waals surface area contributed by atoms with Crippen LogP contribution >= 0.6 is 0 Å². The smallest absolute Gasteiger partial charge is 0.335 e. The summed E-state index contributed by atoms with van der Waals surface area (Å²) >= 11 is 0. The van der Waals surface area contributed by atoms with Crippen molar-refractivity contribution in [1.82, 2.24) is 5.32 Å². The molecule has 0 aromatic heterocycles. The van der Waals surface area contributed by atoms with Crippen LogP contribution in [0.25, 0.3) is 0 Å². The Hall–Kier alpha value is -1.14. The van der Waals surface area contributed by atoms with E-state index >= 15 is 0 Å². The van der Waals surface area contributed by atoms with Crippen LogP contribution in [0.5, 0.6) is 0 Å². The minimum Gasteiger partial charge on any atom is -0.464 e. The topological polar surface area (TPSA) is 84.9 Å². The first kappa shape index (κ1) is 13.3. The van der Waals surface area contributed by atoms with Crippen LogP contribution in [-0.4, -0.2) is 48.4 Å². The third-order valence-corrected chi connectivity index (χ3v) is 3.83. The molecule has 1 aliphatic carbocycles. The van der Waals surface area contributed by atoms with Gasteiger partial charge in [0.1, 0.15) is 6.61 Å².